The molecule has 1 aliphatic heterocycles. The molecule has 2 aromatic carbocycles. The molecule has 142 valence electrons. The van der Waals surface area contributed by atoms with E-state index in [1.807, 2.05) is 12.1 Å². The van der Waals surface area contributed by atoms with Crippen LogP contribution < -0.4 is 24.0 Å². The van der Waals surface area contributed by atoms with Gasteiger partial charge < -0.3 is 33.6 Å². The quantitative estimate of drug-likeness (QED) is 0.531. The summed E-state index contributed by atoms with van der Waals surface area (Å²) in [7, 11) is 4.76. The van der Waals surface area contributed by atoms with Gasteiger partial charge in [0.15, 0.2) is 0 Å². The normalized spacial score (nSPS) is 19.0. The smallest absolute Gasteiger partial charge is 0.123 e. The number of likely N-dealkylation sites (tertiary alicyclic amines) is 1. The number of quaternary nitrogens is 1. The van der Waals surface area contributed by atoms with Gasteiger partial charge in [-0.05, 0) is 60.9 Å². The van der Waals surface area contributed by atoms with Crippen LogP contribution in [-0.4, -0.2) is 36.3 Å². The zero-order chi connectivity index (χ0) is 17.9. The molecule has 1 heterocycles. The summed E-state index contributed by atoms with van der Waals surface area (Å²) in [6.07, 6.45) is 7.36. The fraction of sp³-hybridized carbons (Fsp3) is 0.478. The Labute approximate surface area is 175 Å². The van der Waals surface area contributed by atoms with E-state index < -0.39 is 0 Å². The number of aryl methyl sites for hydroxylation is 2. The first-order valence-electron chi connectivity index (χ1n) is 9.74. The Morgan fingerprint density at radius 2 is 1.81 bits per heavy atom. The molecular weight excluding hydrogens is 433 g/mol. The predicted octanol–water partition coefficient (Wildman–Crippen LogP) is 2.19. The summed E-state index contributed by atoms with van der Waals surface area (Å²) in [5.74, 6) is 0.387. The third-order valence-electron chi connectivity index (χ3n) is 6.03. The van der Waals surface area contributed by atoms with Crippen molar-refractivity contribution < 1.29 is 33.6 Å². The van der Waals surface area contributed by atoms with Crippen molar-refractivity contribution in [1.29, 1.82) is 0 Å². The lowest BCUT2D eigenvalue weighted by molar-refractivity contribution is -0.920. The third-order valence-corrected chi connectivity index (χ3v) is 6.03. The van der Waals surface area contributed by atoms with E-state index in [1.165, 1.54) is 48.9 Å². The lowest BCUT2D eigenvalue weighted by Gasteiger charge is -2.42. The lowest BCUT2D eigenvalue weighted by Crippen LogP contribution is -3.00. The SMILES string of the molecule is CCc1ccc(O)c(-c2ccccc2CCC2CCCC[N+]2(C)C)c1.[I-]. The summed E-state index contributed by atoms with van der Waals surface area (Å²) in [5, 5.41) is 10.4. The zero-order valence-electron chi connectivity index (χ0n) is 16.3. The minimum atomic E-state index is 0. The molecule has 0 amide bonds. The van der Waals surface area contributed by atoms with E-state index in [1.54, 1.807) is 0 Å². The van der Waals surface area contributed by atoms with Crippen LogP contribution in [-0.2, 0) is 12.8 Å². The summed E-state index contributed by atoms with van der Waals surface area (Å²) in [4.78, 5) is 0. The Hall–Kier alpha value is -1.07. The number of benzene rings is 2. The van der Waals surface area contributed by atoms with Crippen LogP contribution in [0.25, 0.3) is 11.1 Å². The topological polar surface area (TPSA) is 20.2 Å². The Balaban J connectivity index is 0.00000243. The molecule has 0 radical (unpaired) electrons. The average molecular weight is 465 g/mol. The van der Waals surface area contributed by atoms with Crippen molar-refractivity contribution in [2.45, 2.75) is 51.5 Å². The molecule has 1 fully saturated rings. The molecule has 1 unspecified atom stereocenters. The van der Waals surface area contributed by atoms with Gasteiger partial charge in [-0.15, -0.1) is 0 Å². The van der Waals surface area contributed by atoms with Gasteiger partial charge in [-0.1, -0.05) is 37.3 Å². The van der Waals surface area contributed by atoms with E-state index in [2.05, 4.69) is 51.4 Å². The molecule has 0 aromatic heterocycles. The molecule has 3 rings (SSSR count). The van der Waals surface area contributed by atoms with E-state index in [-0.39, 0.29) is 24.0 Å². The highest BCUT2D eigenvalue weighted by Gasteiger charge is 2.31. The number of phenolic OH excluding ortho intramolecular Hbond substituents is 1. The van der Waals surface area contributed by atoms with Crippen molar-refractivity contribution in [2.24, 2.45) is 0 Å². The number of aromatic hydroxyl groups is 1. The second kappa shape index (κ2) is 9.23. The van der Waals surface area contributed by atoms with Crippen molar-refractivity contribution in [3.05, 3.63) is 53.6 Å². The molecule has 1 saturated heterocycles. The van der Waals surface area contributed by atoms with Gasteiger partial charge >= 0.3 is 0 Å². The van der Waals surface area contributed by atoms with E-state index in [9.17, 15) is 5.11 Å². The van der Waals surface area contributed by atoms with Crippen molar-refractivity contribution in [1.82, 2.24) is 0 Å². The van der Waals surface area contributed by atoms with Gasteiger partial charge in [0.05, 0.1) is 26.7 Å². The first kappa shape index (κ1) is 21.2. The fourth-order valence-electron chi connectivity index (χ4n) is 4.27. The monoisotopic (exact) mass is 465 g/mol. The van der Waals surface area contributed by atoms with Crippen molar-refractivity contribution in [3.8, 4) is 16.9 Å². The molecule has 26 heavy (non-hydrogen) atoms. The minimum Gasteiger partial charge on any atom is -1.00 e. The highest BCUT2D eigenvalue weighted by atomic mass is 127. The van der Waals surface area contributed by atoms with Crippen LogP contribution in [0.15, 0.2) is 42.5 Å². The highest BCUT2D eigenvalue weighted by Crippen LogP contribution is 2.34. The summed E-state index contributed by atoms with van der Waals surface area (Å²) in [6.45, 7) is 3.46. The zero-order valence-corrected chi connectivity index (χ0v) is 18.5. The molecule has 0 bridgehead atoms. The van der Waals surface area contributed by atoms with Gasteiger partial charge in [-0.2, -0.15) is 0 Å². The first-order chi connectivity index (χ1) is 12.0. The van der Waals surface area contributed by atoms with Crippen LogP contribution in [0.2, 0.25) is 0 Å². The van der Waals surface area contributed by atoms with Gasteiger partial charge in [0.1, 0.15) is 5.75 Å². The molecule has 2 aromatic rings. The summed E-state index contributed by atoms with van der Waals surface area (Å²) < 4.78 is 1.15. The number of rotatable bonds is 5. The highest BCUT2D eigenvalue weighted by molar-refractivity contribution is 5.73. The van der Waals surface area contributed by atoms with Crippen molar-refractivity contribution in [3.63, 3.8) is 0 Å². The predicted molar refractivity (Wildman–Crippen MR) is 106 cm³/mol. The molecule has 1 atom stereocenters. The molecular formula is C23H32INO. The van der Waals surface area contributed by atoms with E-state index >= 15 is 0 Å². The molecule has 0 aliphatic carbocycles. The number of nitrogens with zero attached hydrogens (tertiary/aromatic N) is 1. The van der Waals surface area contributed by atoms with Gasteiger partial charge in [0.25, 0.3) is 0 Å². The van der Waals surface area contributed by atoms with Gasteiger partial charge in [-0.3, -0.25) is 0 Å². The molecule has 3 heteroatoms. The van der Waals surface area contributed by atoms with Gasteiger partial charge in [0.2, 0.25) is 0 Å². The lowest BCUT2D eigenvalue weighted by atomic mass is 9.90. The summed E-state index contributed by atoms with van der Waals surface area (Å²) in [5.41, 5.74) is 4.80. The Bertz CT molecular complexity index is 726. The van der Waals surface area contributed by atoms with Crippen LogP contribution in [0, 0.1) is 0 Å². The van der Waals surface area contributed by atoms with E-state index in [4.69, 9.17) is 0 Å². The number of hydrogen-bond donors (Lipinski definition) is 1. The molecule has 1 N–H and O–H groups in total. The molecule has 0 saturated carbocycles. The van der Waals surface area contributed by atoms with Crippen LogP contribution >= 0.6 is 0 Å². The maximum atomic E-state index is 10.4. The Kier molecular flexibility index (Phi) is 7.53. The van der Waals surface area contributed by atoms with Crippen LogP contribution in [0.5, 0.6) is 5.75 Å². The largest absolute Gasteiger partial charge is 1.00 e. The van der Waals surface area contributed by atoms with Gasteiger partial charge in [0, 0.05) is 12.0 Å². The second-order valence-electron chi connectivity index (χ2n) is 8.05. The third kappa shape index (κ3) is 4.80. The van der Waals surface area contributed by atoms with Crippen molar-refractivity contribution >= 4 is 0 Å². The minimum absolute atomic E-state index is 0. The number of piperidine rings is 1. The maximum Gasteiger partial charge on any atom is 0.123 e. The Morgan fingerprint density at radius 1 is 1.04 bits per heavy atom. The summed E-state index contributed by atoms with van der Waals surface area (Å²) in [6, 6.07) is 15.3. The fourth-order valence-corrected chi connectivity index (χ4v) is 4.27. The first-order valence-corrected chi connectivity index (χ1v) is 9.74. The second-order valence-corrected chi connectivity index (χ2v) is 8.05. The van der Waals surface area contributed by atoms with E-state index in [0.717, 1.165) is 28.9 Å². The molecule has 1 aliphatic rings. The number of halogens is 1. The summed E-state index contributed by atoms with van der Waals surface area (Å²) >= 11 is 0. The van der Waals surface area contributed by atoms with Crippen molar-refractivity contribution in [2.75, 3.05) is 20.6 Å². The average Bonchev–Trinajstić information content (AvgIpc) is 2.61. The van der Waals surface area contributed by atoms with Crippen LogP contribution in [0.3, 0.4) is 0 Å². The van der Waals surface area contributed by atoms with Crippen LogP contribution in [0.1, 0.15) is 43.7 Å². The van der Waals surface area contributed by atoms with E-state index in [0.29, 0.717) is 5.75 Å². The van der Waals surface area contributed by atoms with Gasteiger partial charge in [-0.25, -0.2) is 0 Å². The number of hydrogen-bond acceptors (Lipinski definition) is 1. The molecule has 2 nitrogen and oxygen atoms in total. The number of phenols is 1. The Morgan fingerprint density at radius 3 is 2.54 bits per heavy atom. The standard InChI is InChI=1S/C23H31NO.HI/c1-4-18-12-15-23(25)22(17-18)21-11-6-5-9-19(21)13-14-20-10-7-8-16-24(20,2)3;/h5-6,9,11-12,15,17,20H,4,7-8,10,13-14,16H2,1-3H3;1H. The van der Waals surface area contributed by atoms with Crippen LogP contribution in [0.4, 0.5) is 0 Å². The maximum absolute atomic E-state index is 10.4. The molecule has 0 spiro atoms.